The van der Waals surface area contributed by atoms with Gasteiger partial charge in [0.1, 0.15) is 0 Å². The molecule has 0 amide bonds. The van der Waals surface area contributed by atoms with Gasteiger partial charge in [-0.3, -0.25) is 0 Å². The highest BCUT2D eigenvalue weighted by Gasteiger charge is 2.44. The fraction of sp³-hybridized carbons (Fsp3) is 0.556. The molecule has 1 aromatic carbocycles. The van der Waals surface area contributed by atoms with Gasteiger partial charge in [-0.25, -0.2) is 0 Å². The predicted octanol–water partition coefficient (Wildman–Crippen LogP) is 4.44. The standard InChI is InChI=1S/C18H27N/c1-4-15(3)14-17(19-5-2)18(12-9-13-18)16-10-7-6-8-11-16/h6-8,10-11,17,19H,3-5,9,12-14H2,1-2H3. The van der Waals surface area contributed by atoms with Crippen LogP contribution < -0.4 is 5.32 Å². The maximum absolute atomic E-state index is 4.22. The van der Waals surface area contributed by atoms with Crippen molar-refractivity contribution >= 4 is 0 Å². The van der Waals surface area contributed by atoms with Gasteiger partial charge in [0.05, 0.1) is 0 Å². The number of nitrogens with one attached hydrogen (secondary N) is 1. The lowest BCUT2D eigenvalue weighted by Crippen LogP contribution is -2.52. The number of rotatable bonds is 7. The summed E-state index contributed by atoms with van der Waals surface area (Å²) in [6.45, 7) is 9.68. The minimum Gasteiger partial charge on any atom is -0.313 e. The van der Waals surface area contributed by atoms with Gasteiger partial charge >= 0.3 is 0 Å². The van der Waals surface area contributed by atoms with Crippen LogP contribution in [0.3, 0.4) is 0 Å². The second kappa shape index (κ2) is 6.38. The van der Waals surface area contributed by atoms with Crippen LogP contribution in [0.1, 0.15) is 51.5 Å². The molecular weight excluding hydrogens is 230 g/mol. The topological polar surface area (TPSA) is 12.0 Å². The number of hydrogen-bond donors (Lipinski definition) is 1. The first kappa shape index (κ1) is 14.3. The second-order valence-electron chi connectivity index (χ2n) is 5.79. The van der Waals surface area contributed by atoms with Crippen molar-refractivity contribution in [3.8, 4) is 0 Å². The Morgan fingerprint density at radius 1 is 1.26 bits per heavy atom. The van der Waals surface area contributed by atoms with Crippen molar-refractivity contribution in [1.29, 1.82) is 0 Å². The van der Waals surface area contributed by atoms with Crippen molar-refractivity contribution in [3.05, 3.63) is 48.0 Å². The first-order valence-electron chi connectivity index (χ1n) is 7.68. The second-order valence-corrected chi connectivity index (χ2v) is 5.79. The normalized spacial score (nSPS) is 18.6. The van der Waals surface area contributed by atoms with Crippen molar-refractivity contribution in [3.63, 3.8) is 0 Å². The zero-order valence-electron chi connectivity index (χ0n) is 12.4. The lowest BCUT2D eigenvalue weighted by molar-refractivity contribution is 0.168. The predicted molar refractivity (Wildman–Crippen MR) is 83.5 cm³/mol. The van der Waals surface area contributed by atoms with E-state index in [4.69, 9.17) is 0 Å². The number of hydrogen-bond acceptors (Lipinski definition) is 1. The molecule has 1 unspecified atom stereocenters. The number of likely N-dealkylation sites (N-methyl/N-ethyl adjacent to an activating group) is 1. The van der Waals surface area contributed by atoms with Crippen molar-refractivity contribution in [2.24, 2.45) is 0 Å². The summed E-state index contributed by atoms with van der Waals surface area (Å²) in [7, 11) is 0. The van der Waals surface area contributed by atoms with Gasteiger partial charge in [0.25, 0.3) is 0 Å². The fourth-order valence-electron chi connectivity index (χ4n) is 3.31. The van der Waals surface area contributed by atoms with E-state index in [1.807, 2.05) is 0 Å². The summed E-state index contributed by atoms with van der Waals surface area (Å²) in [4.78, 5) is 0. The summed E-state index contributed by atoms with van der Waals surface area (Å²) >= 11 is 0. The van der Waals surface area contributed by atoms with E-state index >= 15 is 0 Å². The van der Waals surface area contributed by atoms with Crippen LogP contribution in [0.4, 0.5) is 0 Å². The molecule has 1 N–H and O–H groups in total. The monoisotopic (exact) mass is 257 g/mol. The van der Waals surface area contributed by atoms with E-state index in [1.54, 1.807) is 0 Å². The fourth-order valence-corrected chi connectivity index (χ4v) is 3.31. The average Bonchev–Trinajstić information content (AvgIpc) is 2.39. The Morgan fingerprint density at radius 2 is 1.95 bits per heavy atom. The van der Waals surface area contributed by atoms with Crippen LogP contribution >= 0.6 is 0 Å². The van der Waals surface area contributed by atoms with Crippen LogP contribution in [0.2, 0.25) is 0 Å². The summed E-state index contributed by atoms with van der Waals surface area (Å²) < 4.78 is 0. The summed E-state index contributed by atoms with van der Waals surface area (Å²) in [6.07, 6.45) is 6.18. The maximum atomic E-state index is 4.22. The van der Waals surface area contributed by atoms with E-state index in [2.05, 4.69) is 56.1 Å². The zero-order valence-corrected chi connectivity index (χ0v) is 12.4. The van der Waals surface area contributed by atoms with Gasteiger partial charge in [-0.15, -0.1) is 0 Å². The molecule has 0 radical (unpaired) electrons. The van der Waals surface area contributed by atoms with E-state index in [-0.39, 0.29) is 0 Å². The molecule has 1 fully saturated rings. The Hall–Kier alpha value is -1.08. The van der Waals surface area contributed by atoms with E-state index in [1.165, 1.54) is 30.4 Å². The largest absolute Gasteiger partial charge is 0.313 e. The van der Waals surface area contributed by atoms with Gasteiger partial charge in [0.15, 0.2) is 0 Å². The van der Waals surface area contributed by atoms with Crippen molar-refractivity contribution in [2.75, 3.05) is 6.54 Å². The van der Waals surface area contributed by atoms with Crippen LogP contribution in [-0.2, 0) is 5.41 Å². The molecule has 1 atom stereocenters. The van der Waals surface area contributed by atoms with E-state index in [0.717, 1.165) is 19.4 Å². The molecule has 1 aromatic rings. The Bertz CT molecular complexity index is 403. The Labute approximate surface area is 118 Å². The molecule has 19 heavy (non-hydrogen) atoms. The minimum atomic E-state index is 0.343. The quantitative estimate of drug-likeness (QED) is 0.712. The molecule has 1 aliphatic rings. The summed E-state index contributed by atoms with van der Waals surface area (Å²) in [5, 5.41) is 3.73. The molecule has 2 rings (SSSR count). The summed E-state index contributed by atoms with van der Waals surface area (Å²) in [6, 6.07) is 11.6. The van der Waals surface area contributed by atoms with Crippen LogP contribution in [-0.4, -0.2) is 12.6 Å². The first-order valence-corrected chi connectivity index (χ1v) is 7.68. The van der Waals surface area contributed by atoms with Gasteiger partial charge in [0.2, 0.25) is 0 Å². The Kier molecular flexibility index (Phi) is 4.81. The summed E-state index contributed by atoms with van der Waals surface area (Å²) in [5.41, 5.74) is 3.22. The van der Waals surface area contributed by atoms with Crippen LogP contribution in [0, 0.1) is 0 Å². The minimum absolute atomic E-state index is 0.343. The smallest absolute Gasteiger partial charge is 0.0201 e. The third-order valence-electron chi connectivity index (χ3n) is 4.70. The van der Waals surface area contributed by atoms with Crippen LogP contribution in [0.5, 0.6) is 0 Å². The maximum Gasteiger partial charge on any atom is 0.0201 e. The van der Waals surface area contributed by atoms with E-state index in [9.17, 15) is 0 Å². The lowest BCUT2D eigenvalue weighted by Gasteiger charge is -2.49. The molecule has 1 aliphatic carbocycles. The molecule has 0 bridgehead atoms. The highest BCUT2D eigenvalue weighted by molar-refractivity contribution is 5.31. The first-order chi connectivity index (χ1) is 9.23. The third kappa shape index (κ3) is 2.92. The van der Waals surface area contributed by atoms with Crippen molar-refractivity contribution in [2.45, 2.75) is 57.4 Å². The highest BCUT2D eigenvalue weighted by atomic mass is 14.9. The van der Waals surface area contributed by atoms with Crippen LogP contribution in [0.25, 0.3) is 0 Å². The molecule has 0 heterocycles. The molecule has 0 saturated heterocycles. The molecule has 0 spiro atoms. The number of benzene rings is 1. The molecule has 0 aliphatic heterocycles. The van der Waals surface area contributed by atoms with E-state index in [0.29, 0.717) is 11.5 Å². The average molecular weight is 257 g/mol. The lowest BCUT2D eigenvalue weighted by atomic mass is 9.59. The van der Waals surface area contributed by atoms with Gasteiger partial charge in [-0.1, -0.05) is 62.8 Å². The van der Waals surface area contributed by atoms with Gasteiger partial charge < -0.3 is 5.32 Å². The van der Waals surface area contributed by atoms with E-state index < -0.39 is 0 Å². The Balaban J connectivity index is 2.24. The molecule has 0 aromatic heterocycles. The zero-order chi connectivity index (χ0) is 13.7. The van der Waals surface area contributed by atoms with Gasteiger partial charge in [-0.2, -0.15) is 0 Å². The van der Waals surface area contributed by atoms with Gasteiger partial charge in [-0.05, 0) is 37.8 Å². The summed E-state index contributed by atoms with van der Waals surface area (Å²) in [5.74, 6) is 0. The SMILES string of the molecule is C=C(CC)CC(NCC)C1(c2ccccc2)CCC1. The molecular formula is C18H27N. The molecule has 1 heteroatoms. The van der Waals surface area contributed by atoms with Crippen molar-refractivity contribution < 1.29 is 0 Å². The molecule has 1 nitrogen and oxygen atoms in total. The third-order valence-corrected chi connectivity index (χ3v) is 4.70. The highest BCUT2D eigenvalue weighted by Crippen LogP contribution is 2.47. The molecule has 1 saturated carbocycles. The van der Waals surface area contributed by atoms with Gasteiger partial charge in [0, 0.05) is 11.5 Å². The molecule has 104 valence electrons. The Morgan fingerprint density at radius 3 is 2.42 bits per heavy atom. The van der Waals surface area contributed by atoms with Crippen LogP contribution in [0.15, 0.2) is 42.5 Å². The van der Waals surface area contributed by atoms with Crippen molar-refractivity contribution in [1.82, 2.24) is 5.32 Å².